The van der Waals surface area contributed by atoms with E-state index in [9.17, 15) is 0 Å². The van der Waals surface area contributed by atoms with E-state index in [1.807, 2.05) is 0 Å². The minimum absolute atomic E-state index is 0.0727. The van der Waals surface area contributed by atoms with Gasteiger partial charge in [-0.05, 0) is 55.6 Å². The van der Waals surface area contributed by atoms with Crippen LogP contribution in [0.2, 0.25) is 0 Å². The number of benzene rings is 1. The monoisotopic (exact) mass is 286 g/mol. The summed E-state index contributed by atoms with van der Waals surface area (Å²) in [6.07, 6.45) is 5.66. The van der Waals surface area contributed by atoms with Gasteiger partial charge < -0.3 is 4.74 Å². The quantitative estimate of drug-likeness (QED) is 0.668. The Balaban J connectivity index is 1.83. The number of hydrogen-bond acceptors (Lipinski definition) is 1. The molecule has 1 nitrogen and oxygen atoms in total. The topological polar surface area (TPSA) is 9.23 Å². The molecule has 1 aromatic rings. The second-order valence-electron chi connectivity index (χ2n) is 8.72. The Bertz CT molecular complexity index is 492. The third-order valence-electron chi connectivity index (χ3n) is 5.36. The molecule has 0 aromatic heterocycles. The standard InChI is InChI=1S/C20H30O/c1-19(2,3)16-11-9-14(10-12-16)17-8-6-7-15-13-20(4,5)21-18(15)17/h9-12,15,17-18H,6-8,13H2,1-5H3/t15-,17+,18+/m1/s1. The number of rotatable bonds is 1. The van der Waals surface area contributed by atoms with Crippen molar-refractivity contribution in [2.75, 3.05) is 0 Å². The third kappa shape index (κ3) is 3.04. The Morgan fingerprint density at radius 1 is 1.05 bits per heavy atom. The van der Waals surface area contributed by atoms with Gasteiger partial charge in [-0.1, -0.05) is 51.5 Å². The van der Waals surface area contributed by atoms with Gasteiger partial charge in [-0.2, -0.15) is 0 Å². The molecule has 2 fully saturated rings. The molecule has 1 aliphatic carbocycles. The van der Waals surface area contributed by atoms with Crippen molar-refractivity contribution in [2.24, 2.45) is 5.92 Å². The molecule has 0 radical (unpaired) electrons. The fraction of sp³-hybridized carbons (Fsp3) is 0.700. The van der Waals surface area contributed by atoms with Crippen molar-refractivity contribution in [3.8, 4) is 0 Å². The zero-order valence-corrected chi connectivity index (χ0v) is 14.3. The number of fused-ring (bicyclic) bond motifs is 1. The Kier molecular flexibility index (Phi) is 3.68. The summed E-state index contributed by atoms with van der Waals surface area (Å²) in [6, 6.07) is 9.34. The first-order valence-electron chi connectivity index (χ1n) is 8.54. The molecule has 0 amide bonds. The Morgan fingerprint density at radius 2 is 1.71 bits per heavy atom. The van der Waals surface area contributed by atoms with Gasteiger partial charge in [0.1, 0.15) is 0 Å². The van der Waals surface area contributed by atoms with Gasteiger partial charge in [0.15, 0.2) is 0 Å². The fourth-order valence-corrected chi connectivity index (χ4v) is 4.29. The average Bonchev–Trinajstić information content (AvgIpc) is 2.71. The molecule has 2 aliphatic rings. The smallest absolute Gasteiger partial charge is 0.0680 e. The van der Waals surface area contributed by atoms with Crippen LogP contribution in [0.5, 0.6) is 0 Å². The van der Waals surface area contributed by atoms with Gasteiger partial charge in [0, 0.05) is 5.92 Å². The van der Waals surface area contributed by atoms with Gasteiger partial charge in [0.25, 0.3) is 0 Å². The lowest BCUT2D eigenvalue weighted by atomic mass is 9.74. The molecule has 0 unspecified atom stereocenters. The van der Waals surface area contributed by atoms with Crippen LogP contribution in [0, 0.1) is 5.92 Å². The van der Waals surface area contributed by atoms with Crippen molar-refractivity contribution in [1.29, 1.82) is 0 Å². The molecule has 21 heavy (non-hydrogen) atoms. The second-order valence-corrected chi connectivity index (χ2v) is 8.72. The maximum absolute atomic E-state index is 6.42. The van der Waals surface area contributed by atoms with Gasteiger partial charge in [-0.15, -0.1) is 0 Å². The molecule has 1 aromatic carbocycles. The highest BCUT2D eigenvalue weighted by Gasteiger charge is 2.45. The van der Waals surface area contributed by atoms with Crippen LogP contribution in [0.4, 0.5) is 0 Å². The van der Waals surface area contributed by atoms with Crippen LogP contribution in [-0.4, -0.2) is 11.7 Å². The van der Waals surface area contributed by atoms with Crippen molar-refractivity contribution in [3.63, 3.8) is 0 Å². The molecule has 1 aliphatic heterocycles. The van der Waals surface area contributed by atoms with Crippen molar-refractivity contribution >= 4 is 0 Å². The van der Waals surface area contributed by atoms with E-state index in [1.165, 1.54) is 36.8 Å². The van der Waals surface area contributed by atoms with E-state index < -0.39 is 0 Å². The molecule has 3 rings (SSSR count). The maximum atomic E-state index is 6.42. The molecule has 116 valence electrons. The number of ether oxygens (including phenoxy) is 1. The average molecular weight is 286 g/mol. The molecular formula is C20H30O. The predicted octanol–water partition coefficient (Wildman–Crippen LogP) is 5.44. The highest BCUT2D eigenvalue weighted by atomic mass is 16.5. The first-order chi connectivity index (χ1) is 9.76. The van der Waals surface area contributed by atoms with Crippen molar-refractivity contribution in [1.82, 2.24) is 0 Å². The fourth-order valence-electron chi connectivity index (χ4n) is 4.29. The lowest BCUT2D eigenvalue weighted by molar-refractivity contribution is -0.0408. The summed E-state index contributed by atoms with van der Waals surface area (Å²) >= 11 is 0. The Morgan fingerprint density at radius 3 is 2.33 bits per heavy atom. The zero-order chi connectivity index (χ0) is 15.3. The van der Waals surface area contributed by atoms with Crippen molar-refractivity contribution in [3.05, 3.63) is 35.4 Å². The van der Waals surface area contributed by atoms with E-state index in [2.05, 4.69) is 58.9 Å². The first kappa shape index (κ1) is 15.1. The van der Waals surface area contributed by atoms with Crippen LogP contribution in [0.15, 0.2) is 24.3 Å². The Hall–Kier alpha value is -0.820. The molecule has 1 saturated carbocycles. The van der Waals surface area contributed by atoms with Crippen LogP contribution in [0.25, 0.3) is 0 Å². The van der Waals surface area contributed by atoms with Crippen LogP contribution in [-0.2, 0) is 10.2 Å². The number of hydrogen-bond donors (Lipinski definition) is 0. The highest BCUT2D eigenvalue weighted by Crippen LogP contribution is 2.48. The largest absolute Gasteiger partial charge is 0.371 e. The summed E-state index contributed by atoms with van der Waals surface area (Å²) in [6.45, 7) is 11.3. The summed E-state index contributed by atoms with van der Waals surface area (Å²) in [4.78, 5) is 0. The van der Waals surface area contributed by atoms with Gasteiger partial charge >= 0.3 is 0 Å². The minimum atomic E-state index is 0.0727. The minimum Gasteiger partial charge on any atom is -0.371 e. The van der Waals surface area contributed by atoms with Crippen LogP contribution < -0.4 is 0 Å². The lowest BCUT2D eigenvalue weighted by Gasteiger charge is -2.34. The molecule has 0 N–H and O–H groups in total. The maximum Gasteiger partial charge on any atom is 0.0680 e. The van der Waals surface area contributed by atoms with Gasteiger partial charge in [-0.25, -0.2) is 0 Å². The van der Waals surface area contributed by atoms with Crippen molar-refractivity contribution in [2.45, 2.75) is 83.3 Å². The summed E-state index contributed by atoms with van der Waals surface area (Å²) in [5, 5.41) is 0. The van der Waals surface area contributed by atoms with E-state index in [0.717, 1.165) is 5.92 Å². The van der Waals surface area contributed by atoms with Crippen LogP contribution in [0.1, 0.15) is 77.3 Å². The molecule has 0 spiro atoms. The van der Waals surface area contributed by atoms with E-state index in [1.54, 1.807) is 0 Å². The normalized spacial score (nSPS) is 32.0. The first-order valence-corrected chi connectivity index (χ1v) is 8.54. The van der Waals surface area contributed by atoms with E-state index in [4.69, 9.17) is 4.74 Å². The molecule has 1 heterocycles. The molecule has 3 atom stereocenters. The van der Waals surface area contributed by atoms with Crippen LogP contribution in [0.3, 0.4) is 0 Å². The molecule has 0 bridgehead atoms. The summed E-state index contributed by atoms with van der Waals surface area (Å²) in [5.74, 6) is 1.36. The summed E-state index contributed by atoms with van der Waals surface area (Å²) in [5.41, 5.74) is 3.21. The van der Waals surface area contributed by atoms with E-state index >= 15 is 0 Å². The van der Waals surface area contributed by atoms with E-state index in [-0.39, 0.29) is 11.0 Å². The predicted molar refractivity (Wildman–Crippen MR) is 88.8 cm³/mol. The van der Waals surface area contributed by atoms with Gasteiger partial charge in [0.05, 0.1) is 11.7 Å². The highest BCUT2D eigenvalue weighted by molar-refractivity contribution is 5.30. The van der Waals surface area contributed by atoms with Gasteiger partial charge in [-0.3, -0.25) is 0 Å². The summed E-state index contributed by atoms with van der Waals surface area (Å²) < 4.78 is 6.42. The summed E-state index contributed by atoms with van der Waals surface area (Å²) in [7, 11) is 0. The molecule has 1 saturated heterocycles. The van der Waals surface area contributed by atoms with Gasteiger partial charge in [0.2, 0.25) is 0 Å². The zero-order valence-electron chi connectivity index (χ0n) is 14.3. The van der Waals surface area contributed by atoms with E-state index in [0.29, 0.717) is 12.0 Å². The van der Waals surface area contributed by atoms with Crippen LogP contribution >= 0.6 is 0 Å². The van der Waals surface area contributed by atoms with Crippen molar-refractivity contribution < 1.29 is 4.74 Å². The Labute approximate surface area is 130 Å². The molecular weight excluding hydrogens is 256 g/mol. The lowest BCUT2D eigenvalue weighted by Crippen LogP contribution is -2.30. The SMILES string of the molecule is CC1(C)C[C@H]2CCC[C@@H](c3ccc(C(C)(C)C)cc3)[C@H]2O1. The molecule has 1 heteroatoms. The third-order valence-corrected chi connectivity index (χ3v) is 5.36. The second kappa shape index (κ2) is 5.12.